The number of hydrogen-bond donors (Lipinski definition) is 1. The van der Waals surface area contributed by atoms with E-state index in [1.165, 1.54) is 4.90 Å². The number of alkyl halides is 3. The van der Waals surface area contributed by atoms with Crippen LogP contribution in [0.15, 0.2) is 0 Å². The van der Waals surface area contributed by atoms with Gasteiger partial charge in [0.2, 0.25) is 5.91 Å². The average Bonchev–Trinajstić information content (AvgIpc) is 2.58. The van der Waals surface area contributed by atoms with E-state index in [0.29, 0.717) is 26.1 Å². The van der Waals surface area contributed by atoms with Crippen molar-refractivity contribution in [3.8, 4) is 0 Å². The summed E-state index contributed by atoms with van der Waals surface area (Å²) in [5.41, 5.74) is 5.30. The molecule has 1 aliphatic rings. The molecule has 0 spiro atoms. The first-order chi connectivity index (χ1) is 7.19. The molecule has 0 radical (unpaired) electrons. The summed E-state index contributed by atoms with van der Waals surface area (Å²) in [5, 5.41) is 0. The normalized spacial score (nSPS) is 26.6. The van der Waals surface area contributed by atoms with Gasteiger partial charge in [-0.3, -0.25) is 4.79 Å². The van der Waals surface area contributed by atoms with Crippen molar-refractivity contribution in [2.75, 3.05) is 19.6 Å². The Morgan fingerprint density at radius 3 is 2.41 bits per heavy atom. The van der Waals surface area contributed by atoms with Crippen LogP contribution in [0.2, 0.25) is 0 Å². The van der Waals surface area contributed by atoms with Crippen LogP contribution in [0.4, 0.5) is 13.2 Å². The van der Waals surface area contributed by atoms with Crippen molar-refractivity contribution in [2.45, 2.75) is 26.4 Å². The Bertz CT molecular complexity index is 285. The molecule has 0 saturated carbocycles. The van der Waals surface area contributed by atoms with E-state index >= 15 is 0 Å². The number of likely N-dealkylation sites (tertiary alicyclic amines) is 1. The predicted octanol–water partition coefficient (Wildman–Crippen LogP) is 1.80. The molecule has 0 aromatic rings. The fourth-order valence-electron chi connectivity index (χ4n) is 1.79. The van der Waals surface area contributed by atoms with E-state index in [0.717, 1.165) is 6.92 Å². The SMILES string of the molecule is CC(C(=O)N1CCC(C)(CN)C1)C(F)(F)F.Cl. The Morgan fingerprint density at radius 2 is 2.06 bits per heavy atom. The highest BCUT2D eigenvalue weighted by molar-refractivity contribution is 5.85. The highest BCUT2D eigenvalue weighted by Crippen LogP contribution is 2.33. The molecule has 1 aliphatic heterocycles. The summed E-state index contributed by atoms with van der Waals surface area (Å²) in [6, 6.07) is 0. The van der Waals surface area contributed by atoms with E-state index in [4.69, 9.17) is 5.73 Å². The van der Waals surface area contributed by atoms with Crippen LogP contribution in [0.5, 0.6) is 0 Å². The first-order valence-corrected chi connectivity index (χ1v) is 5.25. The molecule has 7 heteroatoms. The number of rotatable bonds is 2. The van der Waals surface area contributed by atoms with Crippen LogP contribution in [0.3, 0.4) is 0 Å². The van der Waals surface area contributed by atoms with Crippen molar-refractivity contribution in [3.63, 3.8) is 0 Å². The van der Waals surface area contributed by atoms with Gasteiger partial charge >= 0.3 is 6.18 Å². The first kappa shape index (κ1) is 16.5. The van der Waals surface area contributed by atoms with E-state index in [1.807, 2.05) is 6.92 Å². The highest BCUT2D eigenvalue weighted by Gasteiger charge is 2.45. The molecule has 2 N–H and O–H groups in total. The number of nitrogens with zero attached hydrogens (tertiary/aromatic N) is 1. The Kier molecular flexibility index (Phi) is 5.28. The van der Waals surface area contributed by atoms with Gasteiger partial charge in [-0.25, -0.2) is 0 Å². The summed E-state index contributed by atoms with van der Waals surface area (Å²) in [4.78, 5) is 12.8. The van der Waals surface area contributed by atoms with Crippen LogP contribution in [-0.4, -0.2) is 36.6 Å². The number of hydrogen-bond acceptors (Lipinski definition) is 2. The largest absolute Gasteiger partial charge is 0.400 e. The quantitative estimate of drug-likeness (QED) is 0.835. The topological polar surface area (TPSA) is 46.3 Å². The molecule has 0 bridgehead atoms. The number of carbonyl (C=O) groups is 1. The second kappa shape index (κ2) is 5.44. The molecule has 1 rings (SSSR count). The second-order valence-corrected chi connectivity index (χ2v) is 4.79. The van der Waals surface area contributed by atoms with Crippen LogP contribution in [-0.2, 0) is 4.79 Å². The van der Waals surface area contributed by atoms with Crippen LogP contribution in [0, 0.1) is 11.3 Å². The molecule has 1 amide bonds. The van der Waals surface area contributed by atoms with E-state index in [2.05, 4.69) is 0 Å². The fraction of sp³-hybridized carbons (Fsp3) is 0.900. The van der Waals surface area contributed by atoms with Gasteiger partial charge in [-0.15, -0.1) is 12.4 Å². The minimum absolute atomic E-state index is 0. The molecular formula is C10H18ClF3N2O. The summed E-state index contributed by atoms with van der Waals surface area (Å²) < 4.78 is 37.1. The van der Waals surface area contributed by atoms with Crippen molar-refractivity contribution in [1.29, 1.82) is 0 Å². The van der Waals surface area contributed by atoms with Crippen molar-refractivity contribution < 1.29 is 18.0 Å². The maximum absolute atomic E-state index is 12.4. The maximum Gasteiger partial charge on any atom is 0.400 e. The Morgan fingerprint density at radius 1 is 1.53 bits per heavy atom. The lowest BCUT2D eigenvalue weighted by molar-refractivity contribution is -0.185. The van der Waals surface area contributed by atoms with Crippen LogP contribution in [0.1, 0.15) is 20.3 Å². The zero-order valence-electron chi connectivity index (χ0n) is 9.88. The molecule has 102 valence electrons. The van der Waals surface area contributed by atoms with Gasteiger partial charge in [0.25, 0.3) is 0 Å². The van der Waals surface area contributed by atoms with Gasteiger partial charge in [-0.1, -0.05) is 6.92 Å². The molecule has 0 aromatic heterocycles. The number of nitrogens with two attached hydrogens (primary N) is 1. The summed E-state index contributed by atoms with van der Waals surface area (Å²) in [7, 11) is 0. The third-order valence-corrected chi connectivity index (χ3v) is 3.22. The van der Waals surface area contributed by atoms with E-state index < -0.39 is 18.0 Å². The molecule has 1 saturated heterocycles. The van der Waals surface area contributed by atoms with Gasteiger partial charge in [-0.2, -0.15) is 13.2 Å². The Labute approximate surface area is 105 Å². The summed E-state index contributed by atoms with van der Waals surface area (Å²) in [5.74, 6) is -2.77. The molecule has 2 unspecified atom stereocenters. The Balaban J connectivity index is 0.00000256. The number of halogens is 4. The minimum atomic E-state index is -4.46. The second-order valence-electron chi connectivity index (χ2n) is 4.79. The predicted molar refractivity (Wildman–Crippen MR) is 60.8 cm³/mol. The number of carbonyl (C=O) groups excluding carboxylic acids is 1. The molecule has 0 aliphatic carbocycles. The summed E-state index contributed by atoms with van der Waals surface area (Å²) in [6.07, 6.45) is -3.79. The lowest BCUT2D eigenvalue weighted by atomic mass is 9.90. The minimum Gasteiger partial charge on any atom is -0.342 e. The molecule has 0 aromatic carbocycles. The maximum atomic E-state index is 12.4. The van der Waals surface area contributed by atoms with E-state index in [9.17, 15) is 18.0 Å². The van der Waals surface area contributed by atoms with Crippen LogP contribution < -0.4 is 5.73 Å². The van der Waals surface area contributed by atoms with E-state index in [1.54, 1.807) is 0 Å². The lowest BCUT2D eigenvalue weighted by Crippen LogP contribution is -2.41. The molecule has 1 fully saturated rings. The van der Waals surface area contributed by atoms with Gasteiger partial charge in [0.05, 0.1) is 0 Å². The van der Waals surface area contributed by atoms with Gasteiger partial charge in [-0.05, 0) is 25.3 Å². The zero-order valence-corrected chi connectivity index (χ0v) is 10.7. The smallest absolute Gasteiger partial charge is 0.342 e. The molecule has 2 atom stereocenters. The van der Waals surface area contributed by atoms with Gasteiger partial charge < -0.3 is 10.6 Å². The zero-order chi connectivity index (χ0) is 12.6. The van der Waals surface area contributed by atoms with Gasteiger partial charge in [0.15, 0.2) is 0 Å². The third kappa shape index (κ3) is 3.74. The van der Waals surface area contributed by atoms with Crippen molar-refractivity contribution in [1.82, 2.24) is 4.90 Å². The van der Waals surface area contributed by atoms with Gasteiger partial charge in [0, 0.05) is 13.1 Å². The monoisotopic (exact) mass is 274 g/mol. The number of amides is 1. The lowest BCUT2D eigenvalue weighted by Gasteiger charge is -2.25. The molecule has 17 heavy (non-hydrogen) atoms. The molecular weight excluding hydrogens is 257 g/mol. The van der Waals surface area contributed by atoms with Crippen molar-refractivity contribution in [3.05, 3.63) is 0 Å². The van der Waals surface area contributed by atoms with E-state index in [-0.39, 0.29) is 17.8 Å². The standard InChI is InChI=1S/C10H17F3N2O.ClH/c1-7(10(11,12)13)8(16)15-4-3-9(2,5-14)6-15;/h7H,3-6,14H2,1-2H3;1H. The molecule has 3 nitrogen and oxygen atoms in total. The fourth-order valence-corrected chi connectivity index (χ4v) is 1.79. The Hall–Kier alpha value is -0.490. The molecule has 1 heterocycles. The summed E-state index contributed by atoms with van der Waals surface area (Å²) >= 11 is 0. The highest BCUT2D eigenvalue weighted by atomic mass is 35.5. The van der Waals surface area contributed by atoms with Crippen molar-refractivity contribution >= 4 is 18.3 Å². The van der Waals surface area contributed by atoms with Gasteiger partial charge in [0.1, 0.15) is 5.92 Å². The van der Waals surface area contributed by atoms with Crippen LogP contribution >= 0.6 is 12.4 Å². The average molecular weight is 275 g/mol. The van der Waals surface area contributed by atoms with Crippen LogP contribution in [0.25, 0.3) is 0 Å². The first-order valence-electron chi connectivity index (χ1n) is 5.25. The van der Waals surface area contributed by atoms with Crippen molar-refractivity contribution in [2.24, 2.45) is 17.1 Å². The summed E-state index contributed by atoms with van der Waals surface area (Å²) in [6.45, 7) is 3.87. The third-order valence-electron chi connectivity index (χ3n) is 3.22.